The van der Waals surface area contributed by atoms with Crippen molar-refractivity contribution in [2.45, 2.75) is 24.1 Å². The van der Waals surface area contributed by atoms with E-state index in [-0.39, 0.29) is 28.4 Å². The van der Waals surface area contributed by atoms with Crippen LogP contribution in [0.4, 0.5) is 5.82 Å². The van der Waals surface area contributed by atoms with Gasteiger partial charge in [0.25, 0.3) is 10.8 Å². The van der Waals surface area contributed by atoms with Gasteiger partial charge in [-0.3, -0.25) is 19.1 Å². The second-order valence-corrected chi connectivity index (χ2v) is 7.00. The molecule has 0 radical (unpaired) electrons. The number of H-pyrrole nitrogens is 1. The van der Waals surface area contributed by atoms with E-state index in [1.54, 1.807) is 0 Å². The number of nitrogens with zero attached hydrogens (tertiary/aromatic N) is 3. The molecule has 3 N–H and O–H groups in total. The highest BCUT2D eigenvalue weighted by Gasteiger charge is 2.30. The summed E-state index contributed by atoms with van der Waals surface area (Å²) in [5, 5.41) is 8.04. The van der Waals surface area contributed by atoms with Crippen LogP contribution < -0.4 is 17.0 Å². The highest BCUT2D eigenvalue weighted by molar-refractivity contribution is 7.99. The lowest BCUT2D eigenvalue weighted by Gasteiger charge is -2.10. The van der Waals surface area contributed by atoms with Crippen LogP contribution in [0.15, 0.2) is 49.6 Å². The van der Waals surface area contributed by atoms with Gasteiger partial charge in [-0.25, -0.2) is 4.79 Å². The third kappa shape index (κ3) is 3.43. The average Bonchev–Trinajstić information content (AvgIpc) is 3.36. The Morgan fingerprint density at radius 1 is 1.26 bits per heavy atom. The van der Waals surface area contributed by atoms with E-state index in [2.05, 4.69) is 15.2 Å². The number of carbonyl (C=O) groups excluding carboxylic acids is 1. The molecule has 0 saturated heterocycles. The Labute approximate surface area is 156 Å². The van der Waals surface area contributed by atoms with Gasteiger partial charge in [0.05, 0.1) is 5.75 Å². The molecule has 1 saturated carbocycles. The number of anilines is 1. The van der Waals surface area contributed by atoms with Gasteiger partial charge in [0.1, 0.15) is 11.4 Å². The van der Waals surface area contributed by atoms with Gasteiger partial charge in [0.2, 0.25) is 5.89 Å². The molecule has 0 amide bonds. The van der Waals surface area contributed by atoms with Crippen molar-refractivity contribution >= 4 is 23.4 Å². The maximum Gasteiger partial charge on any atom is 0.330 e. The Balaban J connectivity index is 1.52. The minimum atomic E-state index is -0.782. The van der Waals surface area contributed by atoms with E-state index in [4.69, 9.17) is 10.2 Å². The molecule has 27 heavy (non-hydrogen) atoms. The van der Waals surface area contributed by atoms with Crippen molar-refractivity contribution in [2.24, 2.45) is 0 Å². The topological polar surface area (TPSA) is 137 Å². The molecule has 9 nitrogen and oxygen atoms in total. The molecule has 2 aromatic heterocycles. The SMILES string of the molecule is Nc1c(C(=O)CSc2nnc(-c3ccccc3)o2)c(=O)[nH]c(=O)n1C1CC1. The summed E-state index contributed by atoms with van der Waals surface area (Å²) in [6, 6.07) is 9.16. The quantitative estimate of drug-likeness (QED) is 0.481. The molecule has 1 aliphatic rings. The first-order chi connectivity index (χ1) is 13.0. The first-order valence-electron chi connectivity index (χ1n) is 8.24. The fraction of sp³-hybridized carbons (Fsp3) is 0.235. The molecule has 0 unspecified atom stereocenters. The van der Waals surface area contributed by atoms with Gasteiger partial charge in [0, 0.05) is 11.6 Å². The predicted molar refractivity (Wildman–Crippen MR) is 98.8 cm³/mol. The van der Waals surface area contributed by atoms with Crippen LogP contribution in [0.2, 0.25) is 0 Å². The predicted octanol–water partition coefficient (Wildman–Crippen LogP) is 1.48. The Bertz CT molecular complexity index is 1110. The molecule has 138 valence electrons. The lowest BCUT2D eigenvalue weighted by atomic mass is 10.2. The summed E-state index contributed by atoms with van der Waals surface area (Å²) in [5.41, 5.74) is 5.12. The third-order valence-corrected chi connectivity index (χ3v) is 4.95. The minimum absolute atomic E-state index is 0.0575. The van der Waals surface area contributed by atoms with E-state index in [9.17, 15) is 14.4 Å². The summed E-state index contributed by atoms with van der Waals surface area (Å²) in [4.78, 5) is 38.7. The fourth-order valence-corrected chi connectivity index (χ4v) is 3.33. The second-order valence-electron chi connectivity index (χ2n) is 6.07. The number of aromatic amines is 1. The average molecular weight is 385 g/mol. The molecule has 10 heteroatoms. The van der Waals surface area contributed by atoms with Gasteiger partial charge < -0.3 is 10.2 Å². The van der Waals surface area contributed by atoms with Gasteiger partial charge in [-0.15, -0.1) is 10.2 Å². The van der Waals surface area contributed by atoms with Crippen molar-refractivity contribution in [3.05, 3.63) is 56.7 Å². The molecule has 3 aromatic rings. The first kappa shape index (κ1) is 17.3. The second kappa shape index (κ2) is 6.88. The van der Waals surface area contributed by atoms with Crippen molar-refractivity contribution in [3.8, 4) is 11.5 Å². The summed E-state index contributed by atoms with van der Waals surface area (Å²) in [6.45, 7) is 0. The number of benzene rings is 1. The lowest BCUT2D eigenvalue weighted by molar-refractivity contribution is 0.102. The van der Waals surface area contributed by atoms with Gasteiger partial charge in [-0.1, -0.05) is 30.0 Å². The molecule has 0 spiro atoms. The highest BCUT2D eigenvalue weighted by atomic mass is 32.2. The van der Waals surface area contributed by atoms with Crippen molar-refractivity contribution in [1.82, 2.24) is 19.7 Å². The van der Waals surface area contributed by atoms with Crippen LogP contribution in [0.3, 0.4) is 0 Å². The number of ketones is 1. The summed E-state index contributed by atoms with van der Waals surface area (Å²) in [6.07, 6.45) is 1.59. The van der Waals surface area contributed by atoms with Gasteiger partial charge in [0.15, 0.2) is 5.78 Å². The Morgan fingerprint density at radius 3 is 2.70 bits per heavy atom. The maximum absolute atomic E-state index is 12.5. The maximum atomic E-state index is 12.5. The van der Waals surface area contributed by atoms with E-state index >= 15 is 0 Å². The number of hydrogen-bond donors (Lipinski definition) is 2. The molecular weight excluding hydrogens is 370 g/mol. The van der Waals surface area contributed by atoms with Crippen LogP contribution in [0, 0.1) is 0 Å². The van der Waals surface area contributed by atoms with Crippen molar-refractivity contribution < 1.29 is 9.21 Å². The number of aromatic nitrogens is 4. The normalized spacial score (nSPS) is 13.6. The Kier molecular flexibility index (Phi) is 4.40. The smallest absolute Gasteiger partial charge is 0.330 e. The van der Waals surface area contributed by atoms with Crippen LogP contribution in [0.25, 0.3) is 11.5 Å². The van der Waals surface area contributed by atoms with Crippen LogP contribution >= 0.6 is 11.8 Å². The van der Waals surface area contributed by atoms with Crippen LogP contribution in [0.1, 0.15) is 29.2 Å². The molecule has 4 rings (SSSR count). The monoisotopic (exact) mass is 385 g/mol. The number of nitrogen functional groups attached to an aromatic ring is 1. The van der Waals surface area contributed by atoms with Gasteiger partial charge >= 0.3 is 5.69 Å². The standard InChI is InChI=1S/C17H15N5O4S/c18-13-12(14(24)19-16(25)22(13)10-6-7-10)11(23)8-27-17-21-20-15(26-17)9-4-2-1-3-5-9/h1-5,10H,6-8,18H2,(H,19,24,25). The zero-order valence-electron chi connectivity index (χ0n) is 14.0. The van der Waals surface area contributed by atoms with Crippen LogP contribution in [-0.4, -0.2) is 31.3 Å². The molecule has 1 aromatic carbocycles. The molecule has 1 fully saturated rings. The van der Waals surface area contributed by atoms with Crippen molar-refractivity contribution in [2.75, 3.05) is 11.5 Å². The van der Waals surface area contributed by atoms with Crippen molar-refractivity contribution in [1.29, 1.82) is 0 Å². The number of nitrogens with one attached hydrogen (secondary N) is 1. The van der Waals surface area contributed by atoms with E-state index in [1.807, 2.05) is 30.3 Å². The molecule has 1 aliphatic carbocycles. The molecular formula is C17H15N5O4S. The van der Waals surface area contributed by atoms with Crippen LogP contribution in [0.5, 0.6) is 0 Å². The number of hydrogen-bond acceptors (Lipinski definition) is 8. The van der Waals surface area contributed by atoms with E-state index < -0.39 is 17.0 Å². The van der Waals surface area contributed by atoms with Crippen molar-refractivity contribution in [3.63, 3.8) is 0 Å². The Morgan fingerprint density at radius 2 is 2.00 bits per heavy atom. The number of rotatable bonds is 6. The lowest BCUT2D eigenvalue weighted by Crippen LogP contribution is -2.36. The van der Waals surface area contributed by atoms with E-state index in [0.29, 0.717) is 5.89 Å². The molecule has 0 aliphatic heterocycles. The zero-order valence-corrected chi connectivity index (χ0v) is 14.9. The summed E-state index contributed by atoms with van der Waals surface area (Å²) < 4.78 is 6.80. The largest absolute Gasteiger partial charge is 0.411 e. The minimum Gasteiger partial charge on any atom is -0.411 e. The van der Waals surface area contributed by atoms with E-state index in [1.165, 1.54) is 4.57 Å². The molecule has 0 atom stereocenters. The van der Waals surface area contributed by atoms with Crippen LogP contribution in [-0.2, 0) is 0 Å². The summed E-state index contributed by atoms with van der Waals surface area (Å²) >= 11 is 1.00. The zero-order chi connectivity index (χ0) is 19.0. The van der Waals surface area contributed by atoms with E-state index in [0.717, 1.165) is 30.2 Å². The van der Waals surface area contributed by atoms with Gasteiger partial charge in [-0.2, -0.15) is 0 Å². The van der Waals surface area contributed by atoms with Gasteiger partial charge in [-0.05, 0) is 25.0 Å². The third-order valence-electron chi connectivity index (χ3n) is 4.13. The number of Topliss-reactive ketones (excluding diaryl/α,β-unsaturated/α-hetero) is 1. The number of carbonyl (C=O) groups is 1. The first-order valence-corrected chi connectivity index (χ1v) is 9.22. The highest BCUT2D eigenvalue weighted by Crippen LogP contribution is 2.35. The summed E-state index contributed by atoms with van der Waals surface area (Å²) in [5.74, 6) is -0.378. The summed E-state index contributed by atoms with van der Waals surface area (Å²) in [7, 11) is 0. The fourth-order valence-electron chi connectivity index (χ4n) is 2.70. The molecule has 2 heterocycles. The Hall–Kier alpha value is -3.14. The number of thioether (sulfide) groups is 1. The molecule has 0 bridgehead atoms. The number of nitrogens with two attached hydrogens (primary N) is 1.